The summed E-state index contributed by atoms with van der Waals surface area (Å²) in [5.74, 6) is -0.697. The first kappa shape index (κ1) is 24.0. The van der Waals surface area contributed by atoms with Gasteiger partial charge in [0.05, 0.1) is 25.3 Å². The van der Waals surface area contributed by atoms with Crippen molar-refractivity contribution in [1.29, 1.82) is 0 Å². The smallest absolute Gasteiger partial charge is 0.410 e. The molecule has 6 nitrogen and oxygen atoms in total. The highest BCUT2D eigenvalue weighted by Gasteiger charge is 2.40. The van der Waals surface area contributed by atoms with Crippen LogP contribution in [0.15, 0.2) is 60.0 Å². The van der Waals surface area contributed by atoms with Crippen molar-refractivity contribution in [3.05, 3.63) is 87.6 Å². The topological polar surface area (TPSA) is 68.7 Å². The largest absolute Gasteiger partial charge is 0.444 e. The molecule has 1 aromatic heterocycles. The molecular formula is C26H27FN2O4S. The van der Waals surface area contributed by atoms with Crippen molar-refractivity contribution < 1.29 is 23.5 Å². The van der Waals surface area contributed by atoms with Gasteiger partial charge < -0.3 is 9.47 Å². The minimum Gasteiger partial charge on any atom is -0.444 e. The van der Waals surface area contributed by atoms with Crippen LogP contribution in [-0.4, -0.2) is 40.0 Å². The number of carbonyl (C=O) groups is 2. The third-order valence-corrected chi connectivity index (χ3v) is 6.31. The fourth-order valence-electron chi connectivity index (χ4n) is 3.76. The molecule has 0 bridgehead atoms. The molecule has 0 aliphatic carbocycles. The summed E-state index contributed by atoms with van der Waals surface area (Å²) in [6.45, 7) is 6.27. The molecule has 2 atom stereocenters. The van der Waals surface area contributed by atoms with Gasteiger partial charge in [-0.1, -0.05) is 30.3 Å². The summed E-state index contributed by atoms with van der Waals surface area (Å²) in [6.07, 6.45) is -0.0909. The molecule has 0 N–H and O–H groups in total. The Morgan fingerprint density at radius 1 is 1.12 bits per heavy atom. The van der Waals surface area contributed by atoms with Gasteiger partial charge in [-0.25, -0.2) is 14.2 Å². The molecule has 178 valence electrons. The summed E-state index contributed by atoms with van der Waals surface area (Å²) in [7, 11) is 0. The summed E-state index contributed by atoms with van der Waals surface area (Å²) in [5, 5.41) is 2.31. The summed E-state index contributed by atoms with van der Waals surface area (Å²) in [6, 6.07) is 14.9. The van der Waals surface area contributed by atoms with Gasteiger partial charge in [0.25, 0.3) is 0 Å². The maximum absolute atomic E-state index is 13.2. The number of nitrogens with zero attached hydrogens (tertiary/aromatic N) is 2. The van der Waals surface area contributed by atoms with Crippen molar-refractivity contribution in [2.75, 3.05) is 6.54 Å². The van der Waals surface area contributed by atoms with Crippen LogP contribution in [-0.2, 0) is 16.1 Å². The van der Waals surface area contributed by atoms with Gasteiger partial charge in [-0.2, -0.15) is 0 Å². The van der Waals surface area contributed by atoms with Crippen molar-refractivity contribution in [3.63, 3.8) is 0 Å². The Bertz CT molecular complexity index is 1140. The van der Waals surface area contributed by atoms with E-state index < -0.39 is 17.5 Å². The Labute approximate surface area is 202 Å². The zero-order valence-corrected chi connectivity index (χ0v) is 20.2. The molecule has 1 aliphatic heterocycles. The lowest BCUT2D eigenvalue weighted by Gasteiger charge is -2.27. The average Bonchev–Trinajstić information content (AvgIpc) is 3.45. The molecule has 0 unspecified atom stereocenters. The second-order valence-electron chi connectivity index (χ2n) is 9.21. The van der Waals surface area contributed by atoms with E-state index in [-0.39, 0.29) is 23.6 Å². The maximum Gasteiger partial charge on any atom is 0.410 e. The van der Waals surface area contributed by atoms with E-state index in [0.29, 0.717) is 30.1 Å². The zero-order valence-electron chi connectivity index (χ0n) is 19.4. The number of likely N-dealkylation sites (tertiary alicyclic amines) is 1. The Kier molecular flexibility index (Phi) is 7.09. The van der Waals surface area contributed by atoms with Gasteiger partial charge in [-0.15, -0.1) is 11.3 Å². The van der Waals surface area contributed by atoms with Gasteiger partial charge in [0.2, 0.25) is 5.78 Å². The molecule has 1 saturated heterocycles. The third kappa shape index (κ3) is 5.87. The first-order valence-electron chi connectivity index (χ1n) is 11.1. The van der Waals surface area contributed by atoms with Crippen molar-refractivity contribution in [2.45, 2.75) is 51.5 Å². The molecule has 2 heterocycles. The van der Waals surface area contributed by atoms with Crippen molar-refractivity contribution in [1.82, 2.24) is 9.88 Å². The third-order valence-electron chi connectivity index (χ3n) is 5.37. The Morgan fingerprint density at radius 2 is 1.82 bits per heavy atom. The summed E-state index contributed by atoms with van der Waals surface area (Å²) < 4.78 is 25.0. The number of halogens is 1. The number of ether oxygens (including phenoxy) is 2. The van der Waals surface area contributed by atoms with E-state index in [9.17, 15) is 14.0 Å². The van der Waals surface area contributed by atoms with Crippen LogP contribution in [0.25, 0.3) is 0 Å². The minimum absolute atomic E-state index is 0.196. The van der Waals surface area contributed by atoms with Crippen LogP contribution in [0.5, 0.6) is 0 Å². The van der Waals surface area contributed by atoms with Gasteiger partial charge in [0.1, 0.15) is 22.1 Å². The van der Waals surface area contributed by atoms with Gasteiger partial charge in [-0.3, -0.25) is 9.69 Å². The number of hydrogen-bond acceptors (Lipinski definition) is 6. The highest BCUT2D eigenvalue weighted by molar-refractivity contribution is 7.10. The molecule has 34 heavy (non-hydrogen) atoms. The lowest BCUT2D eigenvalue weighted by molar-refractivity contribution is 0.0148. The predicted octanol–water partition coefficient (Wildman–Crippen LogP) is 5.78. The fraction of sp³-hybridized carbons (Fsp3) is 0.346. The molecule has 3 aromatic rings. The van der Waals surface area contributed by atoms with E-state index in [1.165, 1.54) is 35.6 Å². The lowest BCUT2D eigenvalue weighted by Crippen LogP contribution is -2.37. The van der Waals surface area contributed by atoms with Crippen LogP contribution >= 0.6 is 11.3 Å². The summed E-state index contributed by atoms with van der Waals surface area (Å²) in [5.41, 5.74) is 1.04. The number of amides is 1. The van der Waals surface area contributed by atoms with E-state index in [1.54, 1.807) is 10.3 Å². The van der Waals surface area contributed by atoms with Crippen LogP contribution < -0.4 is 0 Å². The number of benzene rings is 2. The average molecular weight is 483 g/mol. The van der Waals surface area contributed by atoms with Gasteiger partial charge >= 0.3 is 6.09 Å². The van der Waals surface area contributed by atoms with Gasteiger partial charge in [0, 0.05) is 17.4 Å². The van der Waals surface area contributed by atoms with Crippen molar-refractivity contribution >= 4 is 23.2 Å². The number of ketones is 1. The first-order chi connectivity index (χ1) is 16.2. The molecule has 0 spiro atoms. The van der Waals surface area contributed by atoms with E-state index in [2.05, 4.69) is 4.98 Å². The van der Waals surface area contributed by atoms with E-state index in [0.717, 1.165) is 5.56 Å². The van der Waals surface area contributed by atoms with Crippen LogP contribution in [0.1, 0.15) is 59.9 Å². The monoisotopic (exact) mass is 482 g/mol. The molecular weight excluding hydrogens is 455 g/mol. The first-order valence-corrected chi connectivity index (χ1v) is 12.0. The fourth-order valence-corrected chi connectivity index (χ4v) is 4.68. The van der Waals surface area contributed by atoms with Gasteiger partial charge in [-0.05, 0) is 50.6 Å². The zero-order chi connectivity index (χ0) is 24.3. The van der Waals surface area contributed by atoms with E-state index >= 15 is 0 Å². The van der Waals surface area contributed by atoms with E-state index in [4.69, 9.17) is 9.47 Å². The highest BCUT2D eigenvalue weighted by atomic mass is 32.1. The molecule has 8 heteroatoms. The van der Waals surface area contributed by atoms with Crippen LogP contribution in [0.3, 0.4) is 0 Å². The van der Waals surface area contributed by atoms with Crippen LogP contribution in [0, 0.1) is 5.82 Å². The second kappa shape index (κ2) is 10.0. The lowest BCUT2D eigenvalue weighted by atomic mass is 10.1. The highest BCUT2D eigenvalue weighted by Crippen LogP contribution is 2.37. The Balaban J connectivity index is 1.52. The van der Waals surface area contributed by atoms with E-state index in [1.807, 2.05) is 51.1 Å². The standard InChI is InChI=1S/C26H27FN2O4S/c1-26(2,3)33-25(31)29-14-20(32-15-17-7-5-4-6-8-17)13-22(29)24-28-21(16-34-24)23(30)18-9-11-19(27)12-10-18/h4-12,16,20,22H,13-15H2,1-3H3/t20-,22-/m0/s1. The molecule has 1 aliphatic rings. The van der Waals surface area contributed by atoms with Crippen LogP contribution in [0.4, 0.5) is 9.18 Å². The number of carbonyl (C=O) groups excluding carboxylic acids is 2. The molecule has 1 fully saturated rings. The van der Waals surface area contributed by atoms with Gasteiger partial charge in [0.15, 0.2) is 0 Å². The molecule has 4 rings (SSSR count). The quantitative estimate of drug-likeness (QED) is 0.417. The maximum atomic E-state index is 13.2. The summed E-state index contributed by atoms with van der Waals surface area (Å²) >= 11 is 1.32. The normalized spacial score (nSPS) is 18.2. The van der Waals surface area contributed by atoms with Crippen molar-refractivity contribution in [3.8, 4) is 0 Å². The van der Waals surface area contributed by atoms with Crippen LogP contribution in [0.2, 0.25) is 0 Å². The number of hydrogen-bond donors (Lipinski definition) is 0. The Morgan fingerprint density at radius 3 is 2.50 bits per heavy atom. The number of rotatable bonds is 6. The molecule has 1 amide bonds. The summed E-state index contributed by atoms with van der Waals surface area (Å²) in [4.78, 5) is 32.0. The van der Waals surface area contributed by atoms with Crippen molar-refractivity contribution in [2.24, 2.45) is 0 Å². The number of thiazole rings is 1. The molecule has 2 aromatic carbocycles. The molecule has 0 saturated carbocycles. The predicted molar refractivity (Wildman–Crippen MR) is 127 cm³/mol. The number of aromatic nitrogens is 1. The Hall–Kier alpha value is -3.10. The second-order valence-corrected chi connectivity index (χ2v) is 10.1. The SMILES string of the molecule is CC(C)(C)OC(=O)N1C[C@@H](OCc2ccccc2)C[C@H]1c1nc(C(=O)c2ccc(F)cc2)cs1. The molecule has 0 radical (unpaired) electrons. The minimum atomic E-state index is -0.642.